The van der Waals surface area contributed by atoms with E-state index in [1.807, 2.05) is 36.6 Å². The molecule has 0 unspecified atom stereocenters. The minimum atomic E-state index is 0.635. The summed E-state index contributed by atoms with van der Waals surface area (Å²) in [5.74, 6) is 0.719. The van der Waals surface area contributed by atoms with Crippen LogP contribution in [0, 0.1) is 11.3 Å². The van der Waals surface area contributed by atoms with Gasteiger partial charge in [-0.25, -0.2) is 4.98 Å². The maximum absolute atomic E-state index is 8.81. The zero-order valence-electron chi connectivity index (χ0n) is 11.8. The van der Waals surface area contributed by atoms with E-state index in [9.17, 15) is 0 Å². The normalized spacial score (nSPS) is 11.2. The Kier molecular flexibility index (Phi) is 3.99. The van der Waals surface area contributed by atoms with E-state index < -0.39 is 0 Å². The van der Waals surface area contributed by atoms with Gasteiger partial charge in [-0.1, -0.05) is 12.1 Å². The summed E-state index contributed by atoms with van der Waals surface area (Å²) in [5.41, 5.74) is 6.13. The van der Waals surface area contributed by atoms with Crippen molar-refractivity contribution < 1.29 is 4.42 Å². The molecule has 22 heavy (non-hydrogen) atoms. The van der Waals surface area contributed by atoms with Crippen molar-refractivity contribution in [3.05, 3.63) is 59.4 Å². The molecule has 0 aliphatic carbocycles. The molecule has 0 aliphatic rings. The lowest BCUT2D eigenvalue weighted by Gasteiger charge is -1.98. The Labute approximate surface area is 131 Å². The highest BCUT2D eigenvalue weighted by Gasteiger charge is 2.05. The number of hydrogen-bond donors (Lipinski definition) is 1. The van der Waals surface area contributed by atoms with Crippen molar-refractivity contribution in [2.24, 2.45) is 5.10 Å². The van der Waals surface area contributed by atoms with Crippen molar-refractivity contribution in [2.75, 3.05) is 5.43 Å². The molecule has 1 aromatic carbocycles. The SMILES string of the molecule is C/C(=N\Nc1nc(-c2ccc(C#N)cc2)cs1)c1ccco1. The van der Waals surface area contributed by atoms with Crippen LogP contribution in [0.4, 0.5) is 5.13 Å². The zero-order chi connectivity index (χ0) is 15.4. The number of nitrogens with one attached hydrogen (secondary N) is 1. The maximum atomic E-state index is 8.81. The molecule has 2 heterocycles. The fourth-order valence-electron chi connectivity index (χ4n) is 1.84. The van der Waals surface area contributed by atoms with E-state index in [2.05, 4.69) is 21.6 Å². The van der Waals surface area contributed by atoms with Crippen LogP contribution in [0.5, 0.6) is 0 Å². The first-order valence-corrected chi connectivity index (χ1v) is 7.44. The van der Waals surface area contributed by atoms with Gasteiger partial charge < -0.3 is 4.42 Å². The maximum Gasteiger partial charge on any atom is 0.203 e. The molecule has 3 aromatic rings. The molecule has 3 rings (SSSR count). The summed E-state index contributed by atoms with van der Waals surface area (Å²) < 4.78 is 5.27. The van der Waals surface area contributed by atoms with Crippen molar-refractivity contribution in [2.45, 2.75) is 6.92 Å². The quantitative estimate of drug-likeness (QED) is 0.581. The van der Waals surface area contributed by atoms with Crippen molar-refractivity contribution in [1.29, 1.82) is 5.26 Å². The van der Waals surface area contributed by atoms with Crippen LogP contribution in [-0.2, 0) is 0 Å². The predicted molar refractivity (Wildman–Crippen MR) is 86.8 cm³/mol. The van der Waals surface area contributed by atoms with E-state index in [1.54, 1.807) is 18.4 Å². The second kappa shape index (κ2) is 6.24. The van der Waals surface area contributed by atoms with Gasteiger partial charge in [0.15, 0.2) is 0 Å². The monoisotopic (exact) mass is 308 g/mol. The number of furan rings is 1. The Morgan fingerprint density at radius 1 is 1.32 bits per heavy atom. The summed E-state index contributed by atoms with van der Waals surface area (Å²) in [7, 11) is 0. The highest BCUT2D eigenvalue weighted by Crippen LogP contribution is 2.25. The number of nitriles is 1. The van der Waals surface area contributed by atoms with Gasteiger partial charge >= 0.3 is 0 Å². The largest absolute Gasteiger partial charge is 0.463 e. The van der Waals surface area contributed by atoms with Crippen molar-refractivity contribution in [3.8, 4) is 17.3 Å². The Bertz CT molecular complexity index is 826. The Hall–Kier alpha value is -2.91. The van der Waals surface area contributed by atoms with E-state index in [1.165, 1.54) is 11.3 Å². The second-order valence-electron chi connectivity index (χ2n) is 4.51. The lowest BCUT2D eigenvalue weighted by Crippen LogP contribution is -1.97. The van der Waals surface area contributed by atoms with Gasteiger partial charge in [-0.2, -0.15) is 10.4 Å². The van der Waals surface area contributed by atoms with Gasteiger partial charge in [0.2, 0.25) is 5.13 Å². The summed E-state index contributed by atoms with van der Waals surface area (Å²) in [5, 5.41) is 15.7. The standard InChI is InChI=1S/C16H12N4OS/c1-11(15-3-2-8-21-15)19-20-16-18-14(10-22-16)13-6-4-12(9-17)5-7-13/h2-8,10H,1H3,(H,18,20)/b19-11+. The predicted octanol–water partition coefficient (Wildman–Crippen LogP) is 4.11. The minimum absolute atomic E-state index is 0.635. The lowest BCUT2D eigenvalue weighted by atomic mass is 10.1. The molecule has 0 atom stereocenters. The van der Waals surface area contributed by atoms with Crippen LogP contribution in [0.2, 0.25) is 0 Å². The molecule has 0 bridgehead atoms. The van der Waals surface area contributed by atoms with Gasteiger partial charge in [-0.05, 0) is 31.2 Å². The van der Waals surface area contributed by atoms with Crippen LogP contribution in [0.3, 0.4) is 0 Å². The third kappa shape index (κ3) is 3.05. The molecule has 0 fully saturated rings. The average molecular weight is 308 g/mol. The van der Waals surface area contributed by atoms with E-state index in [4.69, 9.17) is 9.68 Å². The van der Waals surface area contributed by atoms with E-state index in [0.717, 1.165) is 22.7 Å². The first-order chi connectivity index (χ1) is 10.8. The number of aromatic nitrogens is 1. The first kappa shape index (κ1) is 14.0. The third-order valence-corrected chi connectivity index (χ3v) is 3.76. The van der Waals surface area contributed by atoms with E-state index in [0.29, 0.717) is 10.7 Å². The van der Waals surface area contributed by atoms with Crippen LogP contribution >= 0.6 is 11.3 Å². The Morgan fingerprint density at radius 3 is 2.82 bits per heavy atom. The molecule has 2 aromatic heterocycles. The number of rotatable bonds is 4. The number of benzene rings is 1. The molecule has 0 spiro atoms. The van der Waals surface area contributed by atoms with Crippen molar-refractivity contribution in [3.63, 3.8) is 0 Å². The molecule has 6 heteroatoms. The molecular formula is C16H12N4OS. The average Bonchev–Trinajstić information content (AvgIpc) is 3.24. The molecule has 5 nitrogen and oxygen atoms in total. The van der Waals surface area contributed by atoms with Gasteiger partial charge in [-0.15, -0.1) is 11.3 Å². The molecule has 0 radical (unpaired) electrons. The molecule has 1 N–H and O–H groups in total. The van der Waals surface area contributed by atoms with Crippen LogP contribution in [0.25, 0.3) is 11.3 Å². The van der Waals surface area contributed by atoms with Gasteiger partial charge in [0.05, 0.1) is 23.6 Å². The van der Waals surface area contributed by atoms with Crippen LogP contribution in [0.1, 0.15) is 18.2 Å². The Morgan fingerprint density at radius 2 is 2.14 bits per heavy atom. The highest BCUT2D eigenvalue weighted by molar-refractivity contribution is 7.14. The fourth-order valence-corrected chi connectivity index (χ4v) is 2.51. The summed E-state index contributed by atoms with van der Waals surface area (Å²) in [4.78, 5) is 4.48. The molecule has 108 valence electrons. The number of thiazole rings is 1. The van der Waals surface area contributed by atoms with Crippen molar-refractivity contribution in [1.82, 2.24) is 4.98 Å². The van der Waals surface area contributed by atoms with Crippen LogP contribution < -0.4 is 5.43 Å². The third-order valence-electron chi connectivity index (χ3n) is 3.01. The van der Waals surface area contributed by atoms with Crippen LogP contribution in [-0.4, -0.2) is 10.7 Å². The highest BCUT2D eigenvalue weighted by atomic mass is 32.1. The van der Waals surface area contributed by atoms with E-state index >= 15 is 0 Å². The number of hydrogen-bond acceptors (Lipinski definition) is 6. The van der Waals surface area contributed by atoms with Crippen molar-refractivity contribution >= 4 is 22.2 Å². The lowest BCUT2D eigenvalue weighted by molar-refractivity contribution is 0.557. The molecule has 0 aliphatic heterocycles. The zero-order valence-corrected chi connectivity index (χ0v) is 12.6. The topological polar surface area (TPSA) is 74.2 Å². The Balaban J connectivity index is 1.73. The second-order valence-corrected chi connectivity index (χ2v) is 5.37. The van der Waals surface area contributed by atoms with Gasteiger partial charge in [0.25, 0.3) is 0 Å². The number of nitrogens with zero attached hydrogens (tertiary/aromatic N) is 3. The summed E-state index contributed by atoms with van der Waals surface area (Å²) >= 11 is 1.47. The van der Waals surface area contributed by atoms with Gasteiger partial charge in [-0.3, -0.25) is 5.43 Å². The minimum Gasteiger partial charge on any atom is -0.463 e. The van der Waals surface area contributed by atoms with Crippen LogP contribution in [0.15, 0.2) is 57.6 Å². The first-order valence-electron chi connectivity index (χ1n) is 6.56. The van der Waals surface area contributed by atoms with Gasteiger partial charge in [0, 0.05) is 10.9 Å². The smallest absolute Gasteiger partial charge is 0.203 e. The summed E-state index contributed by atoms with van der Waals surface area (Å²) in [6.45, 7) is 1.86. The summed E-state index contributed by atoms with van der Waals surface area (Å²) in [6.07, 6.45) is 1.61. The fraction of sp³-hybridized carbons (Fsp3) is 0.0625. The van der Waals surface area contributed by atoms with E-state index in [-0.39, 0.29) is 0 Å². The van der Waals surface area contributed by atoms with Gasteiger partial charge in [0.1, 0.15) is 11.5 Å². The number of anilines is 1. The molecule has 0 amide bonds. The molecular weight excluding hydrogens is 296 g/mol. The molecule has 0 saturated carbocycles. The summed E-state index contributed by atoms with van der Waals surface area (Å²) in [6, 6.07) is 13.1. The number of hydrazone groups is 1. The molecule has 0 saturated heterocycles.